The van der Waals surface area contributed by atoms with E-state index in [-0.39, 0.29) is 0 Å². The Morgan fingerprint density at radius 1 is 0.767 bits per heavy atom. The summed E-state index contributed by atoms with van der Waals surface area (Å²) in [5.41, 5.74) is 0. The van der Waals surface area contributed by atoms with Gasteiger partial charge in [-0.2, -0.15) is 0 Å². The number of hydrogen-bond donors (Lipinski definition) is 5. The predicted molar refractivity (Wildman–Crippen MR) is 85.1 cm³/mol. The largest absolute Gasteiger partial charge is 0.388 e. The molecular formula is C13H22N2O15. The summed E-state index contributed by atoms with van der Waals surface area (Å²) in [4.78, 5) is 29.1. The molecular weight excluding hydrogens is 424 g/mol. The van der Waals surface area contributed by atoms with E-state index in [2.05, 4.69) is 9.68 Å². The summed E-state index contributed by atoms with van der Waals surface area (Å²) in [5, 5.41) is 68.8. The maximum Gasteiger partial charge on any atom is 0.294 e. The van der Waals surface area contributed by atoms with Crippen LogP contribution in [0, 0.1) is 20.2 Å². The second-order valence-electron chi connectivity index (χ2n) is 6.41. The van der Waals surface area contributed by atoms with Crippen LogP contribution in [0.3, 0.4) is 0 Å². The summed E-state index contributed by atoms with van der Waals surface area (Å²) >= 11 is 0. The van der Waals surface area contributed by atoms with E-state index >= 15 is 0 Å². The molecule has 2 rings (SSSR count). The van der Waals surface area contributed by atoms with Crippen LogP contribution in [0.4, 0.5) is 0 Å². The molecule has 2 aliphatic rings. The third-order valence-electron chi connectivity index (χ3n) is 4.52. The molecule has 2 saturated heterocycles. The van der Waals surface area contributed by atoms with Crippen LogP contribution in [-0.4, -0.2) is 117 Å². The number of ether oxygens (including phenoxy) is 4. The van der Waals surface area contributed by atoms with E-state index in [1.54, 1.807) is 0 Å². The Bertz CT molecular complexity index is 595. The molecule has 0 aromatic carbocycles. The van der Waals surface area contributed by atoms with Crippen molar-refractivity contribution in [1.82, 2.24) is 0 Å². The fourth-order valence-corrected chi connectivity index (χ4v) is 2.99. The van der Waals surface area contributed by atoms with Crippen molar-refractivity contribution in [3.05, 3.63) is 20.2 Å². The van der Waals surface area contributed by atoms with Crippen molar-refractivity contribution < 1.29 is 64.3 Å². The average Bonchev–Trinajstić information content (AvgIpc) is 2.69. The molecule has 17 nitrogen and oxygen atoms in total. The Labute approximate surface area is 167 Å². The van der Waals surface area contributed by atoms with E-state index in [0.29, 0.717) is 0 Å². The van der Waals surface area contributed by atoms with Crippen LogP contribution in [-0.2, 0) is 28.6 Å². The first-order valence-corrected chi connectivity index (χ1v) is 8.51. The van der Waals surface area contributed by atoms with Crippen LogP contribution < -0.4 is 0 Å². The van der Waals surface area contributed by atoms with E-state index < -0.39 is 84.8 Å². The first-order valence-electron chi connectivity index (χ1n) is 8.51. The molecule has 0 aliphatic carbocycles. The van der Waals surface area contributed by atoms with Crippen molar-refractivity contribution in [3.8, 4) is 0 Å². The Balaban J connectivity index is 2.16. The number of rotatable bonds is 9. The number of methoxy groups -OCH3 is 1. The maximum atomic E-state index is 10.5. The van der Waals surface area contributed by atoms with Gasteiger partial charge >= 0.3 is 0 Å². The molecule has 0 saturated carbocycles. The average molecular weight is 446 g/mol. The van der Waals surface area contributed by atoms with E-state index in [1.807, 2.05) is 0 Å². The molecule has 0 aromatic heterocycles. The normalized spacial score (nSPS) is 41.8. The van der Waals surface area contributed by atoms with Crippen LogP contribution in [0.25, 0.3) is 0 Å². The third kappa shape index (κ3) is 5.59. The highest BCUT2D eigenvalue weighted by atomic mass is 17.0. The summed E-state index contributed by atoms with van der Waals surface area (Å²) in [6.45, 7) is -1.60. The van der Waals surface area contributed by atoms with Gasteiger partial charge in [-0.15, -0.1) is 20.2 Å². The van der Waals surface area contributed by atoms with Crippen molar-refractivity contribution in [2.75, 3.05) is 20.3 Å². The summed E-state index contributed by atoms with van der Waals surface area (Å²) in [5.74, 6) is 0. The highest BCUT2D eigenvalue weighted by molar-refractivity contribution is 4.94. The molecule has 0 bridgehead atoms. The molecule has 17 heteroatoms. The molecule has 2 aliphatic heterocycles. The fourth-order valence-electron chi connectivity index (χ4n) is 2.99. The molecule has 2 fully saturated rings. The van der Waals surface area contributed by atoms with E-state index in [0.717, 1.165) is 7.11 Å². The molecule has 0 radical (unpaired) electrons. The van der Waals surface area contributed by atoms with Gasteiger partial charge in [-0.05, 0) is 0 Å². The zero-order valence-electron chi connectivity index (χ0n) is 15.4. The minimum Gasteiger partial charge on any atom is -0.388 e. The Morgan fingerprint density at radius 2 is 1.27 bits per heavy atom. The molecule has 10 atom stereocenters. The van der Waals surface area contributed by atoms with E-state index in [9.17, 15) is 45.8 Å². The molecule has 0 aromatic rings. The van der Waals surface area contributed by atoms with E-state index in [1.165, 1.54) is 0 Å². The lowest BCUT2D eigenvalue weighted by atomic mass is 9.97. The molecule has 0 amide bonds. The fraction of sp³-hybridized carbons (Fsp3) is 1.00. The van der Waals surface area contributed by atoms with Crippen molar-refractivity contribution >= 4 is 0 Å². The Hall–Kier alpha value is -1.96. The molecule has 30 heavy (non-hydrogen) atoms. The lowest BCUT2D eigenvalue weighted by Crippen LogP contribution is -2.64. The number of aliphatic hydroxyl groups is 5. The van der Waals surface area contributed by atoms with Gasteiger partial charge in [0.05, 0.1) is 0 Å². The summed E-state index contributed by atoms with van der Waals surface area (Å²) in [7, 11) is 1.14. The SMILES string of the molecule is CO[C@@H]1O[C@H](CO[N+](=O)[O-])[C@@H](O[C@@H]2O[C@H](CO[N+](=O)[O-])[C@@H](O)[C@H](O)[C@H]2O)[C@H](O)[C@H]1O. The predicted octanol–water partition coefficient (Wildman–Crippen LogP) is -4.31. The second-order valence-corrected chi connectivity index (χ2v) is 6.41. The minimum atomic E-state index is -1.91. The van der Waals surface area contributed by atoms with Gasteiger partial charge in [0, 0.05) is 7.11 Å². The standard InChI is InChI=1S/C13H22N2O15/c1-25-12-10(20)8(18)11(5(29-12)3-27-15(23)24)30-13-9(19)7(17)6(16)4(28-13)2-26-14(21)22/h4-13,16-20H,2-3H2,1H3/t4-,5-,6-,7+,8-,9-,10-,11-,12-,13+/m1/s1. The van der Waals surface area contributed by atoms with Gasteiger partial charge in [0.1, 0.15) is 62.0 Å². The van der Waals surface area contributed by atoms with Crippen molar-refractivity contribution in [2.45, 2.75) is 61.4 Å². The van der Waals surface area contributed by atoms with Crippen LogP contribution in [0.1, 0.15) is 0 Å². The van der Waals surface area contributed by atoms with E-state index in [4.69, 9.17) is 18.9 Å². The highest BCUT2D eigenvalue weighted by Gasteiger charge is 2.51. The summed E-state index contributed by atoms with van der Waals surface area (Å²) < 4.78 is 20.6. The highest BCUT2D eigenvalue weighted by Crippen LogP contribution is 2.29. The molecule has 5 N–H and O–H groups in total. The van der Waals surface area contributed by atoms with Gasteiger partial charge in [0.2, 0.25) is 0 Å². The van der Waals surface area contributed by atoms with Crippen molar-refractivity contribution in [2.24, 2.45) is 0 Å². The van der Waals surface area contributed by atoms with Gasteiger partial charge < -0.3 is 54.2 Å². The van der Waals surface area contributed by atoms with Crippen LogP contribution >= 0.6 is 0 Å². The summed E-state index contributed by atoms with van der Waals surface area (Å²) in [6.07, 6.45) is -16.8. The van der Waals surface area contributed by atoms with Gasteiger partial charge in [-0.1, -0.05) is 0 Å². The first kappa shape index (κ1) is 24.3. The summed E-state index contributed by atoms with van der Waals surface area (Å²) in [6, 6.07) is 0. The van der Waals surface area contributed by atoms with Gasteiger partial charge in [-0.3, -0.25) is 0 Å². The molecule has 0 spiro atoms. The van der Waals surface area contributed by atoms with Crippen LogP contribution in [0.15, 0.2) is 0 Å². The minimum absolute atomic E-state index is 0.775. The zero-order valence-corrected chi connectivity index (χ0v) is 15.4. The van der Waals surface area contributed by atoms with Crippen molar-refractivity contribution in [1.29, 1.82) is 0 Å². The molecule has 2 heterocycles. The van der Waals surface area contributed by atoms with Crippen molar-refractivity contribution in [3.63, 3.8) is 0 Å². The van der Waals surface area contributed by atoms with Crippen LogP contribution in [0.5, 0.6) is 0 Å². The number of hydrogen-bond acceptors (Lipinski definition) is 15. The smallest absolute Gasteiger partial charge is 0.294 e. The monoisotopic (exact) mass is 446 g/mol. The zero-order chi connectivity index (χ0) is 22.6. The van der Waals surface area contributed by atoms with Gasteiger partial charge in [0.15, 0.2) is 12.6 Å². The first-order chi connectivity index (χ1) is 14.1. The van der Waals surface area contributed by atoms with Gasteiger partial charge in [0.25, 0.3) is 10.2 Å². The van der Waals surface area contributed by atoms with Crippen LogP contribution in [0.2, 0.25) is 0 Å². The Kier molecular flexibility index (Phi) is 8.41. The molecule has 0 unspecified atom stereocenters. The lowest BCUT2D eigenvalue weighted by Gasteiger charge is -2.45. The quantitative estimate of drug-likeness (QED) is 0.166. The number of nitrogens with zero attached hydrogens (tertiary/aromatic N) is 2. The van der Waals surface area contributed by atoms with Gasteiger partial charge in [-0.25, -0.2) is 0 Å². The second kappa shape index (κ2) is 10.4. The lowest BCUT2D eigenvalue weighted by molar-refractivity contribution is -0.760. The maximum absolute atomic E-state index is 10.5. The third-order valence-corrected chi connectivity index (χ3v) is 4.52. The number of aliphatic hydroxyl groups excluding tert-OH is 5. The topological polar surface area (TPSA) is 243 Å². The Morgan fingerprint density at radius 3 is 1.80 bits per heavy atom. The molecule has 174 valence electrons.